The van der Waals surface area contributed by atoms with Gasteiger partial charge in [-0.25, -0.2) is 9.78 Å². The van der Waals surface area contributed by atoms with Gasteiger partial charge in [0.25, 0.3) is 0 Å². The fourth-order valence-corrected chi connectivity index (χ4v) is 2.51. The van der Waals surface area contributed by atoms with Gasteiger partial charge in [0.2, 0.25) is 17.7 Å². The van der Waals surface area contributed by atoms with Crippen LogP contribution >= 0.6 is 0 Å². The highest BCUT2D eigenvalue weighted by atomic mass is 16.4. The van der Waals surface area contributed by atoms with Crippen LogP contribution in [0.4, 0.5) is 0 Å². The molecule has 0 aliphatic rings. The van der Waals surface area contributed by atoms with Crippen molar-refractivity contribution in [2.24, 2.45) is 11.7 Å². The Bertz CT molecular complexity index is 723. The summed E-state index contributed by atoms with van der Waals surface area (Å²) in [6.07, 6.45) is 2.33. The average molecular weight is 426 g/mol. The van der Waals surface area contributed by atoms with Crippen LogP contribution in [0.15, 0.2) is 12.5 Å². The van der Waals surface area contributed by atoms with Crippen molar-refractivity contribution in [2.75, 3.05) is 6.54 Å². The summed E-state index contributed by atoms with van der Waals surface area (Å²) in [4.78, 5) is 54.7. The maximum absolute atomic E-state index is 12.6. The van der Waals surface area contributed by atoms with Crippen LogP contribution < -0.4 is 21.7 Å². The molecule has 8 N–H and O–H groups in total. The van der Waals surface area contributed by atoms with Crippen LogP contribution in [0.3, 0.4) is 0 Å². The largest absolute Gasteiger partial charge is 0.480 e. The van der Waals surface area contributed by atoms with Crippen LogP contribution in [-0.4, -0.2) is 74.6 Å². The topological polar surface area (TPSA) is 200 Å². The summed E-state index contributed by atoms with van der Waals surface area (Å²) < 4.78 is 0. The monoisotopic (exact) mass is 426 g/mol. The standard InChI is InChI=1S/C18H30N6O6/c1-4-9(2)15(18(29)30)24-13(26)7-21-16(27)12(5-11-6-20-8-22-11)23-17(28)14(19)10(3)25/h6,8-10,12,14-15,25H,4-5,7,19H2,1-3H3,(H,20,22)(H,21,27)(H,23,28)(H,24,26)(H,29,30). The van der Waals surface area contributed by atoms with Crippen LogP contribution in [0.5, 0.6) is 0 Å². The highest BCUT2D eigenvalue weighted by Crippen LogP contribution is 2.07. The van der Waals surface area contributed by atoms with Gasteiger partial charge in [-0.2, -0.15) is 0 Å². The van der Waals surface area contributed by atoms with E-state index in [2.05, 4.69) is 25.9 Å². The number of aromatic nitrogens is 2. The Morgan fingerprint density at radius 3 is 2.37 bits per heavy atom. The lowest BCUT2D eigenvalue weighted by Gasteiger charge is -2.22. The SMILES string of the molecule is CCC(C)C(NC(=O)CNC(=O)C(Cc1cnc[nH]1)NC(=O)C(N)C(C)O)C(=O)O. The molecular formula is C18H30N6O6. The van der Waals surface area contributed by atoms with Crippen LogP contribution in [0.2, 0.25) is 0 Å². The molecule has 0 aliphatic heterocycles. The van der Waals surface area contributed by atoms with Gasteiger partial charge in [-0.1, -0.05) is 20.3 Å². The molecule has 0 saturated heterocycles. The van der Waals surface area contributed by atoms with Crippen LogP contribution in [0.1, 0.15) is 32.9 Å². The highest BCUT2D eigenvalue weighted by Gasteiger charge is 2.28. The summed E-state index contributed by atoms with van der Waals surface area (Å²) in [5, 5.41) is 25.9. The Kier molecular flexibility index (Phi) is 9.92. The molecular weight excluding hydrogens is 396 g/mol. The fourth-order valence-electron chi connectivity index (χ4n) is 2.51. The molecule has 12 nitrogen and oxygen atoms in total. The molecule has 0 fully saturated rings. The number of carboxylic acid groups (broad SMARTS) is 1. The number of aliphatic hydroxyl groups is 1. The van der Waals surface area contributed by atoms with E-state index in [1.54, 1.807) is 13.8 Å². The lowest BCUT2D eigenvalue weighted by molar-refractivity contribution is -0.143. The summed E-state index contributed by atoms with van der Waals surface area (Å²) >= 11 is 0. The molecule has 0 bridgehead atoms. The molecule has 0 aliphatic carbocycles. The van der Waals surface area contributed by atoms with Crippen LogP contribution in [0.25, 0.3) is 0 Å². The summed E-state index contributed by atoms with van der Waals surface area (Å²) in [7, 11) is 0. The third-order valence-corrected chi connectivity index (χ3v) is 4.65. The van der Waals surface area contributed by atoms with E-state index >= 15 is 0 Å². The second-order valence-electron chi connectivity index (χ2n) is 7.10. The zero-order valence-corrected chi connectivity index (χ0v) is 17.2. The molecule has 1 aromatic rings. The second-order valence-corrected chi connectivity index (χ2v) is 7.10. The van der Waals surface area contributed by atoms with Crippen molar-refractivity contribution in [3.63, 3.8) is 0 Å². The van der Waals surface area contributed by atoms with Gasteiger partial charge in [0.15, 0.2) is 0 Å². The maximum Gasteiger partial charge on any atom is 0.326 e. The van der Waals surface area contributed by atoms with Gasteiger partial charge in [-0.05, 0) is 12.8 Å². The number of aromatic amines is 1. The number of carbonyl (C=O) groups is 4. The fraction of sp³-hybridized carbons (Fsp3) is 0.611. The van der Waals surface area contributed by atoms with Gasteiger partial charge in [0, 0.05) is 18.3 Å². The molecule has 0 saturated carbocycles. The predicted octanol–water partition coefficient (Wildman–Crippen LogP) is -2.12. The van der Waals surface area contributed by atoms with Crippen molar-refractivity contribution in [1.82, 2.24) is 25.9 Å². The first kappa shape index (κ1) is 25.0. The van der Waals surface area contributed by atoms with Crippen LogP contribution in [0, 0.1) is 5.92 Å². The molecule has 1 heterocycles. The Balaban J connectivity index is 2.75. The third-order valence-electron chi connectivity index (χ3n) is 4.65. The van der Waals surface area contributed by atoms with Crippen LogP contribution in [-0.2, 0) is 25.6 Å². The lowest BCUT2D eigenvalue weighted by Crippen LogP contribution is -2.56. The number of aliphatic hydroxyl groups excluding tert-OH is 1. The third kappa shape index (κ3) is 7.79. The van der Waals surface area contributed by atoms with Crippen molar-refractivity contribution in [3.05, 3.63) is 18.2 Å². The number of nitrogens with two attached hydrogens (primary N) is 1. The number of H-pyrrole nitrogens is 1. The quantitative estimate of drug-likeness (QED) is 0.196. The van der Waals surface area contributed by atoms with Crippen molar-refractivity contribution >= 4 is 23.7 Å². The maximum atomic E-state index is 12.6. The minimum absolute atomic E-state index is 0.0380. The normalized spacial score (nSPS) is 15.9. The number of nitrogens with one attached hydrogen (secondary N) is 4. The second kappa shape index (κ2) is 11.9. The minimum atomic E-state index is -1.24. The highest BCUT2D eigenvalue weighted by molar-refractivity contribution is 5.92. The van der Waals surface area contributed by atoms with Gasteiger partial charge in [-0.15, -0.1) is 0 Å². The molecule has 3 amide bonds. The van der Waals surface area contributed by atoms with E-state index in [9.17, 15) is 29.4 Å². The van der Waals surface area contributed by atoms with Crippen molar-refractivity contribution in [2.45, 2.75) is 57.8 Å². The van der Waals surface area contributed by atoms with E-state index in [0.29, 0.717) is 12.1 Å². The molecule has 5 unspecified atom stereocenters. The van der Waals surface area contributed by atoms with Crippen molar-refractivity contribution < 1.29 is 29.4 Å². The minimum Gasteiger partial charge on any atom is -0.480 e. The molecule has 0 radical (unpaired) electrons. The summed E-state index contributed by atoms with van der Waals surface area (Å²) in [5.74, 6) is -3.56. The molecule has 1 rings (SSSR count). The zero-order chi connectivity index (χ0) is 22.8. The van der Waals surface area contributed by atoms with E-state index in [4.69, 9.17) is 5.73 Å². The number of carboxylic acids is 1. The van der Waals surface area contributed by atoms with Crippen molar-refractivity contribution in [3.8, 4) is 0 Å². The smallest absolute Gasteiger partial charge is 0.326 e. The number of hydrogen-bond donors (Lipinski definition) is 7. The molecule has 0 aromatic carbocycles. The first-order valence-electron chi connectivity index (χ1n) is 9.57. The molecule has 12 heteroatoms. The first-order valence-corrected chi connectivity index (χ1v) is 9.57. The van der Waals surface area contributed by atoms with E-state index < -0.39 is 54.5 Å². The van der Waals surface area contributed by atoms with E-state index in [1.807, 2.05) is 0 Å². The van der Waals surface area contributed by atoms with Gasteiger partial charge in [0.05, 0.1) is 19.0 Å². The number of amides is 3. The predicted molar refractivity (Wildman–Crippen MR) is 106 cm³/mol. The van der Waals surface area contributed by atoms with E-state index in [0.717, 1.165) is 0 Å². The summed E-state index contributed by atoms with van der Waals surface area (Å²) in [6, 6.07) is -3.42. The summed E-state index contributed by atoms with van der Waals surface area (Å²) in [5.41, 5.74) is 6.14. The average Bonchev–Trinajstić information content (AvgIpc) is 3.21. The molecule has 0 spiro atoms. The molecule has 5 atom stereocenters. The van der Waals surface area contributed by atoms with Gasteiger partial charge >= 0.3 is 5.97 Å². The van der Waals surface area contributed by atoms with Crippen molar-refractivity contribution in [1.29, 1.82) is 0 Å². The Hall–Kier alpha value is -2.99. The van der Waals surface area contributed by atoms with E-state index in [1.165, 1.54) is 19.4 Å². The van der Waals surface area contributed by atoms with Gasteiger partial charge < -0.3 is 36.9 Å². The number of nitrogens with zero attached hydrogens (tertiary/aromatic N) is 1. The summed E-state index contributed by atoms with van der Waals surface area (Å²) in [6.45, 7) is 4.36. The number of aliphatic carboxylic acids is 1. The Morgan fingerprint density at radius 2 is 1.87 bits per heavy atom. The van der Waals surface area contributed by atoms with Gasteiger partial charge in [0.1, 0.15) is 18.1 Å². The zero-order valence-electron chi connectivity index (χ0n) is 17.2. The number of carbonyl (C=O) groups excluding carboxylic acids is 3. The van der Waals surface area contributed by atoms with Gasteiger partial charge in [-0.3, -0.25) is 14.4 Å². The number of imidazole rings is 1. The Labute approximate surface area is 174 Å². The first-order chi connectivity index (χ1) is 14.1. The van der Waals surface area contributed by atoms with E-state index in [-0.39, 0.29) is 12.3 Å². The molecule has 1 aromatic heterocycles. The Morgan fingerprint density at radius 1 is 1.20 bits per heavy atom. The lowest BCUT2D eigenvalue weighted by atomic mass is 9.99. The number of hydrogen-bond acceptors (Lipinski definition) is 7. The number of rotatable bonds is 12. The molecule has 168 valence electrons. The molecule has 30 heavy (non-hydrogen) atoms.